The quantitative estimate of drug-likeness (QED) is 0.398. The van der Waals surface area contributed by atoms with E-state index < -0.39 is 17.3 Å². The van der Waals surface area contributed by atoms with E-state index in [1.54, 1.807) is 34.1 Å². The number of aromatic amines is 1. The molecular weight excluding hydrogens is 420 g/mol. The highest BCUT2D eigenvalue weighted by Crippen LogP contribution is 2.42. The molecule has 0 aliphatic carbocycles. The Balaban J connectivity index is 1.60. The fraction of sp³-hybridized carbons (Fsp3) is 0.360. The highest BCUT2D eigenvalue weighted by Gasteiger charge is 2.48. The van der Waals surface area contributed by atoms with Crippen molar-refractivity contribution in [3.8, 4) is 0 Å². The number of hydrogen-bond donors (Lipinski definition) is 3. The molecule has 0 bridgehead atoms. The summed E-state index contributed by atoms with van der Waals surface area (Å²) in [7, 11) is 0. The minimum absolute atomic E-state index is 0.00575. The summed E-state index contributed by atoms with van der Waals surface area (Å²) in [5, 5.41) is 20.7. The van der Waals surface area contributed by atoms with Crippen LogP contribution in [0.4, 0.5) is 5.69 Å². The highest BCUT2D eigenvalue weighted by atomic mass is 16.8. The molecule has 1 aromatic heterocycles. The number of amides is 2. The second kappa shape index (κ2) is 8.62. The normalized spacial score (nSPS) is 21.3. The van der Waals surface area contributed by atoms with Gasteiger partial charge in [0.1, 0.15) is 6.04 Å². The van der Waals surface area contributed by atoms with Gasteiger partial charge in [0.2, 0.25) is 11.8 Å². The molecule has 8 heteroatoms. The van der Waals surface area contributed by atoms with Crippen molar-refractivity contribution in [1.29, 1.82) is 0 Å². The second-order valence-corrected chi connectivity index (χ2v) is 8.88. The van der Waals surface area contributed by atoms with E-state index in [9.17, 15) is 20.0 Å². The van der Waals surface area contributed by atoms with Crippen LogP contribution >= 0.6 is 0 Å². The summed E-state index contributed by atoms with van der Waals surface area (Å²) >= 11 is 0. The van der Waals surface area contributed by atoms with Gasteiger partial charge in [-0.1, -0.05) is 50.1 Å². The lowest BCUT2D eigenvalue weighted by Gasteiger charge is -2.47. The Morgan fingerprint density at radius 2 is 1.88 bits per heavy atom. The number of fused-ring (bicyclic) bond motifs is 4. The van der Waals surface area contributed by atoms with E-state index in [0.29, 0.717) is 13.0 Å². The number of nitrogens with one attached hydrogen (secondary N) is 2. The monoisotopic (exact) mass is 448 g/mol. The van der Waals surface area contributed by atoms with Crippen molar-refractivity contribution < 1.29 is 20.0 Å². The van der Waals surface area contributed by atoms with Gasteiger partial charge in [0, 0.05) is 41.7 Å². The lowest BCUT2D eigenvalue weighted by Crippen LogP contribution is -2.99. The van der Waals surface area contributed by atoms with Gasteiger partial charge in [-0.2, -0.15) is 5.23 Å². The maximum Gasteiger partial charge on any atom is 0.246 e. The summed E-state index contributed by atoms with van der Waals surface area (Å²) in [5.74, 6) is -0.0819. The van der Waals surface area contributed by atoms with Gasteiger partial charge in [-0.15, -0.1) is 0 Å². The van der Waals surface area contributed by atoms with Crippen molar-refractivity contribution in [2.24, 2.45) is 0 Å². The molecule has 0 radical (unpaired) electrons. The Labute approximate surface area is 191 Å². The summed E-state index contributed by atoms with van der Waals surface area (Å²) < 4.78 is 0. The smallest absolute Gasteiger partial charge is 0.246 e. The molecule has 2 amide bonds. The minimum atomic E-state index is -0.999. The van der Waals surface area contributed by atoms with Gasteiger partial charge in [-0.05, 0) is 23.6 Å². The Morgan fingerprint density at radius 3 is 2.61 bits per heavy atom. The predicted octanol–water partition coefficient (Wildman–Crippen LogP) is 2.45. The summed E-state index contributed by atoms with van der Waals surface area (Å²) in [6.07, 6.45) is 3.44. The van der Waals surface area contributed by atoms with Crippen LogP contribution in [0.25, 0.3) is 10.9 Å². The third kappa shape index (κ3) is 3.70. The zero-order valence-corrected chi connectivity index (χ0v) is 18.6. The lowest BCUT2D eigenvalue weighted by atomic mass is 9.86. The van der Waals surface area contributed by atoms with E-state index in [1.165, 1.54) is 0 Å². The molecule has 3 aromatic rings. The summed E-state index contributed by atoms with van der Waals surface area (Å²) in [4.78, 5) is 33.9. The number of para-hydroxylation sites is 1. The number of piperazine rings is 1. The van der Waals surface area contributed by atoms with Crippen LogP contribution in [-0.2, 0) is 16.0 Å². The third-order valence-electron chi connectivity index (χ3n) is 6.85. The standard InChI is InChI=1S/C25H28N4O4/c1-2-3-6-13-27-15-22(30)28-21(25(27)31)14-19-18-7-4-5-8-20(18)26-23(19)24(28)16-9-11-17(12-10-16)29(32)33/h4-5,7-12,21,24,26,29,32H,2-3,6,13-15H2,1H3. The summed E-state index contributed by atoms with van der Waals surface area (Å²) in [6.45, 7) is 2.80. The average molecular weight is 449 g/mol. The maximum atomic E-state index is 13.5. The molecule has 3 N–H and O–H groups in total. The topological polar surface area (TPSA) is 104 Å². The molecule has 3 heterocycles. The Morgan fingerprint density at radius 1 is 1.12 bits per heavy atom. The fourth-order valence-electron chi connectivity index (χ4n) is 5.22. The molecule has 0 spiro atoms. The number of carbonyl (C=O) groups is 2. The van der Waals surface area contributed by atoms with Crippen LogP contribution in [0.15, 0.2) is 48.5 Å². The van der Waals surface area contributed by atoms with E-state index >= 15 is 0 Å². The van der Waals surface area contributed by atoms with Crippen molar-refractivity contribution in [2.45, 2.75) is 44.7 Å². The van der Waals surface area contributed by atoms with Gasteiger partial charge in [0.25, 0.3) is 0 Å². The van der Waals surface area contributed by atoms with Crippen LogP contribution in [0.3, 0.4) is 0 Å². The van der Waals surface area contributed by atoms with E-state index in [0.717, 1.165) is 47.0 Å². The molecule has 5 rings (SSSR count). The van der Waals surface area contributed by atoms with Crippen LogP contribution in [0.1, 0.15) is 49.0 Å². The third-order valence-corrected chi connectivity index (χ3v) is 6.85. The molecule has 172 valence electrons. The van der Waals surface area contributed by atoms with E-state index in [-0.39, 0.29) is 24.0 Å². The number of quaternary nitrogens is 1. The SMILES string of the molecule is CCCCCN1CC(=O)N2C(Cc3c([nH]c4ccccc34)C2c2ccc([NH+]([O-])O)cc2)C1=O. The fourth-order valence-corrected chi connectivity index (χ4v) is 5.22. The molecule has 3 unspecified atom stereocenters. The van der Waals surface area contributed by atoms with Crippen molar-refractivity contribution in [3.63, 3.8) is 0 Å². The molecule has 2 aromatic carbocycles. The molecular formula is C25H28N4O4. The Kier molecular flexibility index (Phi) is 5.65. The van der Waals surface area contributed by atoms with E-state index in [2.05, 4.69) is 11.9 Å². The Bertz CT molecular complexity index is 1190. The summed E-state index contributed by atoms with van der Waals surface area (Å²) in [6, 6.07) is 13.5. The first-order valence-corrected chi connectivity index (χ1v) is 11.5. The number of H-pyrrole nitrogens is 1. The van der Waals surface area contributed by atoms with Gasteiger partial charge in [-0.25, -0.2) is 5.21 Å². The molecule has 33 heavy (non-hydrogen) atoms. The van der Waals surface area contributed by atoms with Gasteiger partial charge in [-0.3, -0.25) is 9.59 Å². The van der Waals surface area contributed by atoms with E-state index in [1.807, 2.05) is 24.3 Å². The first-order chi connectivity index (χ1) is 16.0. The number of hydrogen-bond acceptors (Lipinski definition) is 4. The van der Waals surface area contributed by atoms with Crippen molar-refractivity contribution in [1.82, 2.24) is 14.8 Å². The molecule has 2 aliphatic heterocycles. The van der Waals surface area contributed by atoms with Gasteiger partial charge in [0.05, 0.1) is 12.6 Å². The largest absolute Gasteiger partial charge is 0.595 e. The number of benzene rings is 2. The zero-order chi connectivity index (χ0) is 23.1. The van der Waals surface area contributed by atoms with Gasteiger partial charge < -0.3 is 20.0 Å². The van der Waals surface area contributed by atoms with E-state index in [4.69, 9.17) is 0 Å². The minimum Gasteiger partial charge on any atom is -0.595 e. The van der Waals surface area contributed by atoms with Crippen LogP contribution in [0.5, 0.6) is 0 Å². The zero-order valence-electron chi connectivity index (χ0n) is 18.6. The number of carbonyl (C=O) groups excluding carboxylic acids is 2. The number of aromatic nitrogens is 1. The molecule has 3 atom stereocenters. The van der Waals surface area contributed by atoms with Crippen molar-refractivity contribution >= 4 is 28.4 Å². The number of rotatable bonds is 6. The molecule has 8 nitrogen and oxygen atoms in total. The first-order valence-electron chi connectivity index (χ1n) is 11.5. The first kappa shape index (κ1) is 21.6. The number of nitrogens with zero attached hydrogens (tertiary/aromatic N) is 2. The highest BCUT2D eigenvalue weighted by molar-refractivity contribution is 5.97. The Hall–Kier alpha value is -3.20. The predicted molar refractivity (Wildman–Crippen MR) is 123 cm³/mol. The molecule has 1 saturated heterocycles. The summed E-state index contributed by atoms with van der Waals surface area (Å²) in [5.41, 5.74) is 3.89. The van der Waals surface area contributed by atoms with Crippen LogP contribution in [0.2, 0.25) is 0 Å². The van der Waals surface area contributed by atoms with Crippen LogP contribution in [-0.4, -0.2) is 50.9 Å². The average Bonchev–Trinajstić information content (AvgIpc) is 3.19. The molecule has 0 saturated carbocycles. The second-order valence-electron chi connectivity index (χ2n) is 8.88. The van der Waals surface area contributed by atoms with Crippen molar-refractivity contribution in [2.75, 3.05) is 13.1 Å². The number of unbranched alkanes of at least 4 members (excludes halogenated alkanes) is 2. The van der Waals surface area contributed by atoms with Crippen LogP contribution in [0, 0.1) is 5.21 Å². The lowest BCUT2D eigenvalue weighted by molar-refractivity contribution is -0.991. The van der Waals surface area contributed by atoms with Gasteiger partial charge >= 0.3 is 0 Å². The molecule has 2 aliphatic rings. The molecule has 1 fully saturated rings. The maximum absolute atomic E-state index is 13.5. The van der Waals surface area contributed by atoms with Crippen LogP contribution < -0.4 is 5.23 Å². The van der Waals surface area contributed by atoms with Crippen molar-refractivity contribution in [3.05, 3.63) is 70.6 Å². The van der Waals surface area contributed by atoms with Gasteiger partial charge in [0.15, 0.2) is 5.69 Å².